The van der Waals surface area contributed by atoms with Gasteiger partial charge in [0, 0.05) is 6.26 Å². The minimum atomic E-state index is -3.50. The molecule has 0 bridgehead atoms. The van der Waals surface area contributed by atoms with E-state index < -0.39 is 15.8 Å². The Bertz CT molecular complexity index is 669. The number of aromatic carboxylic acids is 1. The maximum Gasteiger partial charge on any atom is 0.335 e. The Morgan fingerprint density at radius 1 is 1.26 bits per heavy atom. The van der Waals surface area contributed by atoms with E-state index in [0.717, 1.165) is 6.26 Å². The molecule has 1 N–H and O–H groups in total. The highest BCUT2D eigenvalue weighted by atomic mass is 32.2. The van der Waals surface area contributed by atoms with Crippen LogP contribution >= 0.6 is 0 Å². The van der Waals surface area contributed by atoms with Gasteiger partial charge in [-0.1, -0.05) is 0 Å². The summed E-state index contributed by atoms with van der Waals surface area (Å²) >= 11 is 0. The van der Waals surface area contributed by atoms with Gasteiger partial charge in [-0.25, -0.2) is 13.2 Å². The Labute approximate surface area is 111 Å². The molecule has 0 aromatic heterocycles. The summed E-state index contributed by atoms with van der Waals surface area (Å²) in [5.74, 6) is -1.39. The van der Waals surface area contributed by atoms with E-state index in [2.05, 4.69) is 0 Å². The number of carbonyl (C=O) groups is 2. The summed E-state index contributed by atoms with van der Waals surface area (Å²) in [5.41, 5.74) is 0.557. The number of benzene rings is 1. The zero-order valence-electron chi connectivity index (χ0n) is 10.8. The standard InChI is InChI=1S/C13H14O5S/c1-8(14)4-5-10-9(2)11(13(15)16)6-7-12(10)19(3,17)18/h4-7H,1-3H3,(H,15,16). The van der Waals surface area contributed by atoms with Crippen LogP contribution in [0.5, 0.6) is 0 Å². The molecule has 1 rings (SSSR count). The van der Waals surface area contributed by atoms with Crippen LogP contribution in [0.2, 0.25) is 0 Å². The first-order valence-electron chi connectivity index (χ1n) is 5.40. The first-order valence-corrected chi connectivity index (χ1v) is 7.29. The van der Waals surface area contributed by atoms with Crippen molar-refractivity contribution in [2.45, 2.75) is 18.7 Å². The molecule has 0 radical (unpaired) electrons. The third-order valence-corrected chi connectivity index (χ3v) is 3.74. The molecule has 1 aromatic carbocycles. The molecule has 0 heterocycles. The van der Waals surface area contributed by atoms with Crippen molar-refractivity contribution in [3.63, 3.8) is 0 Å². The van der Waals surface area contributed by atoms with Gasteiger partial charge in [-0.2, -0.15) is 0 Å². The molecule has 19 heavy (non-hydrogen) atoms. The quantitative estimate of drug-likeness (QED) is 0.849. The van der Waals surface area contributed by atoms with E-state index in [1.54, 1.807) is 0 Å². The monoisotopic (exact) mass is 282 g/mol. The Morgan fingerprint density at radius 2 is 1.84 bits per heavy atom. The van der Waals surface area contributed by atoms with Gasteiger partial charge in [-0.3, -0.25) is 4.79 Å². The number of rotatable bonds is 4. The van der Waals surface area contributed by atoms with E-state index in [9.17, 15) is 18.0 Å². The molecule has 0 saturated heterocycles. The van der Waals surface area contributed by atoms with E-state index in [4.69, 9.17) is 5.11 Å². The summed E-state index contributed by atoms with van der Waals surface area (Å²) in [7, 11) is -3.50. The number of hydrogen-bond donors (Lipinski definition) is 1. The number of hydrogen-bond acceptors (Lipinski definition) is 4. The Kier molecular flexibility index (Phi) is 4.26. The third-order valence-electron chi connectivity index (χ3n) is 2.59. The van der Waals surface area contributed by atoms with Crippen LogP contribution in [0.15, 0.2) is 23.1 Å². The van der Waals surface area contributed by atoms with Crippen LogP contribution in [0.1, 0.15) is 28.4 Å². The van der Waals surface area contributed by atoms with Crippen LogP contribution in [0.3, 0.4) is 0 Å². The molecule has 0 aliphatic carbocycles. The molecule has 0 spiro atoms. The van der Waals surface area contributed by atoms with Gasteiger partial charge >= 0.3 is 5.97 Å². The Morgan fingerprint density at radius 3 is 2.26 bits per heavy atom. The van der Waals surface area contributed by atoms with Crippen molar-refractivity contribution in [2.75, 3.05) is 6.26 Å². The largest absolute Gasteiger partial charge is 0.478 e. The number of carboxylic acids is 1. The Balaban J connectivity index is 3.65. The molecule has 0 aliphatic heterocycles. The van der Waals surface area contributed by atoms with Crippen molar-refractivity contribution in [1.29, 1.82) is 0 Å². The van der Waals surface area contributed by atoms with Crippen LogP contribution in [0.25, 0.3) is 6.08 Å². The second-order valence-corrected chi connectivity index (χ2v) is 6.16. The highest BCUT2D eigenvalue weighted by molar-refractivity contribution is 7.90. The van der Waals surface area contributed by atoms with Crippen molar-refractivity contribution < 1.29 is 23.1 Å². The highest BCUT2D eigenvalue weighted by Crippen LogP contribution is 2.24. The lowest BCUT2D eigenvalue weighted by atomic mass is 10.0. The number of carbonyl (C=O) groups excluding carboxylic acids is 1. The van der Waals surface area contributed by atoms with Crippen LogP contribution < -0.4 is 0 Å². The fourth-order valence-corrected chi connectivity index (χ4v) is 2.60. The lowest BCUT2D eigenvalue weighted by molar-refractivity contribution is -0.112. The molecule has 0 fully saturated rings. The Hall–Kier alpha value is -1.95. The summed E-state index contributed by atoms with van der Waals surface area (Å²) in [6, 6.07) is 2.49. The number of ketones is 1. The molecule has 0 amide bonds. The van der Waals surface area contributed by atoms with E-state index in [0.29, 0.717) is 5.56 Å². The summed E-state index contributed by atoms with van der Waals surface area (Å²) in [6.07, 6.45) is 3.58. The van der Waals surface area contributed by atoms with Gasteiger partial charge in [0.15, 0.2) is 15.6 Å². The predicted octanol–water partition coefficient (Wildman–Crippen LogP) is 1.70. The highest BCUT2D eigenvalue weighted by Gasteiger charge is 2.18. The van der Waals surface area contributed by atoms with Gasteiger partial charge in [-0.15, -0.1) is 0 Å². The molecule has 0 unspecified atom stereocenters. The van der Waals surface area contributed by atoms with Gasteiger partial charge in [0.05, 0.1) is 10.5 Å². The minimum absolute atomic E-state index is 0.00694. The first-order chi connectivity index (χ1) is 8.64. The lowest BCUT2D eigenvalue weighted by Gasteiger charge is -2.10. The summed E-state index contributed by atoms with van der Waals surface area (Å²) in [5, 5.41) is 9.02. The van der Waals surface area contributed by atoms with Crippen LogP contribution in [-0.4, -0.2) is 31.5 Å². The van der Waals surface area contributed by atoms with Gasteiger partial charge in [0.1, 0.15) is 0 Å². The molecular weight excluding hydrogens is 268 g/mol. The lowest BCUT2D eigenvalue weighted by Crippen LogP contribution is -2.07. The summed E-state index contributed by atoms with van der Waals surface area (Å²) < 4.78 is 23.3. The SMILES string of the molecule is CC(=O)C=Cc1c(S(C)(=O)=O)ccc(C(=O)O)c1C. The number of allylic oxidation sites excluding steroid dienone is 1. The fraction of sp³-hybridized carbons (Fsp3) is 0.231. The topological polar surface area (TPSA) is 88.5 Å². The van der Waals surface area contributed by atoms with Crippen molar-refractivity contribution in [1.82, 2.24) is 0 Å². The van der Waals surface area contributed by atoms with Gasteiger partial charge in [0.25, 0.3) is 0 Å². The zero-order chi connectivity index (χ0) is 14.8. The molecule has 6 heteroatoms. The molecule has 0 saturated carbocycles. The second kappa shape index (κ2) is 5.36. The molecule has 0 aliphatic rings. The molecule has 0 atom stereocenters. The van der Waals surface area contributed by atoms with Crippen molar-refractivity contribution in [3.8, 4) is 0 Å². The van der Waals surface area contributed by atoms with Crippen molar-refractivity contribution in [3.05, 3.63) is 34.9 Å². The average molecular weight is 282 g/mol. The second-order valence-electron chi connectivity index (χ2n) is 4.17. The van der Waals surface area contributed by atoms with E-state index >= 15 is 0 Å². The van der Waals surface area contributed by atoms with E-state index in [-0.39, 0.29) is 21.8 Å². The number of sulfone groups is 1. The molecule has 1 aromatic rings. The first kappa shape index (κ1) is 15.1. The summed E-state index contributed by atoms with van der Waals surface area (Å²) in [4.78, 5) is 22.0. The van der Waals surface area contributed by atoms with E-state index in [1.807, 2.05) is 0 Å². The zero-order valence-corrected chi connectivity index (χ0v) is 11.6. The number of carboxylic acid groups (broad SMARTS) is 1. The van der Waals surface area contributed by atoms with Crippen LogP contribution in [0.4, 0.5) is 0 Å². The molecular formula is C13H14O5S. The maximum absolute atomic E-state index is 11.7. The smallest absolute Gasteiger partial charge is 0.335 e. The normalized spacial score (nSPS) is 11.7. The summed E-state index contributed by atoms with van der Waals surface area (Å²) in [6.45, 7) is 2.84. The van der Waals surface area contributed by atoms with Crippen LogP contribution in [0, 0.1) is 6.92 Å². The van der Waals surface area contributed by atoms with Gasteiger partial charge < -0.3 is 5.11 Å². The van der Waals surface area contributed by atoms with Crippen molar-refractivity contribution >= 4 is 27.7 Å². The fourth-order valence-electron chi connectivity index (χ4n) is 1.67. The van der Waals surface area contributed by atoms with Crippen LogP contribution in [-0.2, 0) is 14.6 Å². The predicted molar refractivity (Wildman–Crippen MR) is 71.0 cm³/mol. The average Bonchev–Trinajstić information content (AvgIpc) is 2.24. The van der Waals surface area contributed by atoms with Gasteiger partial charge in [0.2, 0.25) is 0 Å². The minimum Gasteiger partial charge on any atom is -0.478 e. The molecule has 102 valence electrons. The van der Waals surface area contributed by atoms with E-state index in [1.165, 1.54) is 38.1 Å². The van der Waals surface area contributed by atoms with Crippen molar-refractivity contribution in [2.24, 2.45) is 0 Å². The van der Waals surface area contributed by atoms with Gasteiger partial charge in [-0.05, 0) is 49.3 Å². The third kappa shape index (κ3) is 3.51. The maximum atomic E-state index is 11.7. The molecule has 5 nitrogen and oxygen atoms in total.